The highest BCUT2D eigenvalue weighted by Gasteiger charge is 2.65. The maximum absolute atomic E-state index is 15.0. The Balaban J connectivity index is 1.23. The van der Waals surface area contributed by atoms with Crippen LogP contribution in [0.5, 0.6) is 5.75 Å². The van der Waals surface area contributed by atoms with Gasteiger partial charge in [-0.3, -0.25) is 9.59 Å². The number of benzene rings is 2. The number of hydrogen-bond acceptors (Lipinski definition) is 7. The molecule has 0 spiro atoms. The number of amides is 3. The van der Waals surface area contributed by atoms with Crippen molar-refractivity contribution in [2.45, 2.75) is 102 Å². The molecule has 4 heterocycles. The molecule has 2 saturated heterocycles. The molecule has 12 nitrogen and oxygen atoms in total. The second kappa shape index (κ2) is 12.2. The number of ether oxygens (including phenoxy) is 2. The topological polar surface area (TPSA) is 130 Å². The summed E-state index contributed by atoms with van der Waals surface area (Å²) in [6.45, 7) is 6.94. The Kier molecular flexibility index (Phi) is 8.22. The first-order chi connectivity index (χ1) is 24.6. The summed E-state index contributed by atoms with van der Waals surface area (Å²) in [5.41, 5.74) is 4.23. The molecule has 4 atom stereocenters. The van der Waals surface area contributed by atoms with Gasteiger partial charge in [0.25, 0.3) is 5.91 Å². The molecule has 4 fully saturated rings. The Bertz CT molecular complexity index is 2100. The summed E-state index contributed by atoms with van der Waals surface area (Å²) >= 11 is 0. The van der Waals surface area contributed by atoms with E-state index in [2.05, 4.69) is 21.4 Å². The number of aromatic nitrogens is 1. The molecule has 5 aliphatic rings. The van der Waals surface area contributed by atoms with Gasteiger partial charge in [0.2, 0.25) is 5.91 Å². The van der Waals surface area contributed by atoms with E-state index in [0.29, 0.717) is 32.0 Å². The molecule has 3 amide bonds. The highest BCUT2D eigenvalue weighted by atomic mass is 32.2. The van der Waals surface area contributed by atoms with E-state index in [-0.39, 0.29) is 35.6 Å². The lowest BCUT2D eigenvalue weighted by Gasteiger charge is -2.37. The van der Waals surface area contributed by atoms with Crippen LogP contribution in [-0.4, -0.2) is 97.0 Å². The minimum Gasteiger partial charge on any atom is -0.497 e. The molecule has 2 aliphatic carbocycles. The van der Waals surface area contributed by atoms with Crippen LogP contribution in [0, 0.1) is 5.41 Å². The zero-order valence-corrected chi connectivity index (χ0v) is 31.7. The maximum Gasteiger partial charge on any atom is 0.410 e. The van der Waals surface area contributed by atoms with Gasteiger partial charge in [-0.15, -0.1) is 0 Å². The largest absolute Gasteiger partial charge is 0.497 e. The van der Waals surface area contributed by atoms with Gasteiger partial charge in [-0.1, -0.05) is 25.3 Å². The molecule has 3 aliphatic heterocycles. The van der Waals surface area contributed by atoms with Crippen LogP contribution in [0.2, 0.25) is 0 Å². The quantitative estimate of drug-likeness (QED) is 0.349. The lowest BCUT2D eigenvalue weighted by atomic mass is 9.81. The van der Waals surface area contributed by atoms with E-state index in [1.807, 2.05) is 37.8 Å². The van der Waals surface area contributed by atoms with Crippen molar-refractivity contribution in [2.75, 3.05) is 34.3 Å². The minimum atomic E-state index is -4.00. The molecule has 8 rings (SSSR count). The zero-order chi connectivity index (χ0) is 36.9. The van der Waals surface area contributed by atoms with E-state index in [1.54, 1.807) is 24.1 Å². The molecule has 2 saturated carbocycles. The maximum atomic E-state index is 15.0. The molecule has 3 aromatic rings. The molecule has 0 unspecified atom stereocenters. The molecular weight excluding hydrogens is 683 g/mol. The normalized spacial score (nSPS) is 25.4. The third kappa shape index (κ3) is 5.66. The number of likely N-dealkylation sites (tertiary alicyclic amines) is 2. The zero-order valence-electron chi connectivity index (χ0n) is 30.9. The molecule has 52 heavy (non-hydrogen) atoms. The van der Waals surface area contributed by atoms with Crippen molar-refractivity contribution in [1.29, 1.82) is 0 Å². The Morgan fingerprint density at radius 2 is 1.67 bits per heavy atom. The van der Waals surface area contributed by atoms with E-state index in [4.69, 9.17) is 9.47 Å². The number of rotatable bonds is 6. The number of methoxy groups -OCH3 is 1. The summed E-state index contributed by atoms with van der Waals surface area (Å²) in [6.07, 6.45) is 6.66. The molecule has 2 aromatic carbocycles. The van der Waals surface area contributed by atoms with Gasteiger partial charge in [-0.05, 0) is 93.8 Å². The molecule has 1 N–H and O–H groups in total. The van der Waals surface area contributed by atoms with Crippen LogP contribution in [0.4, 0.5) is 4.79 Å². The second-order valence-corrected chi connectivity index (χ2v) is 18.5. The highest BCUT2D eigenvalue weighted by Crippen LogP contribution is 2.66. The van der Waals surface area contributed by atoms with Crippen molar-refractivity contribution < 1.29 is 32.3 Å². The van der Waals surface area contributed by atoms with Gasteiger partial charge < -0.3 is 23.8 Å². The molecule has 0 radical (unpaired) electrons. The summed E-state index contributed by atoms with van der Waals surface area (Å²) in [5, 5.41) is 1.03. The Morgan fingerprint density at radius 1 is 0.962 bits per heavy atom. The van der Waals surface area contributed by atoms with Crippen molar-refractivity contribution in [3.63, 3.8) is 0 Å². The average molecular weight is 732 g/mol. The van der Waals surface area contributed by atoms with E-state index in [9.17, 15) is 18.0 Å². The summed E-state index contributed by atoms with van der Waals surface area (Å²) in [7, 11) is 0.405. The molecule has 1 aromatic heterocycles. The van der Waals surface area contributed by atoms with E-state index < -0.39 is 27.1 Å². The summed E-state index contributed by atoms with van der Waals surface area (Å²) in [5.74, 6) is 0.414. The third-order valence-corrected chi connectivity index (χ3v) is 13.4. The van der Waals surface area contributed by atoms with Gasteiger partial charge in [0.1, 0.15) is 11.4 Å². The number of carbonyl (C=O) groups excluding carboxylic acids is 3. The van der Waals surface area contributed by atoms with Crippen LogP contribution in [0.1, 0.15) is 99.0 Å². The predicted molar refractivity (Wildman–Crippen MR) is 196 cm³/mol. The first-order valence-electron chi connectivity index (χ1n) is 18.5. The van der Waals surface area contributed by atoms with Gasteiger partial charge >= 0.3 is 16.3 Å². The molecule has 2 bridgehead atoms. The molecular formula is C39H49N5O7S. The highest BCUT2D eigenvalue weighted by molar-refractivity contribution is 7.87. The van der Waals surface area contributed by atoms with Gasteiger partial charge in [0, 0.05) is 61.7 Å². The SMILES string of the molecule is COc1ccc2c(c1)[C@@H]1C[C@]1(C(=O)N1C[C@@H]3C[C@H]1CN3C(=O)OC(C)(C)C)Cn1c-2c(C2CCCCC2)c2ccc(C(=O)NS(=O)(=O)N(C)C)cc21. The molecule has 13 heteroatoms. The van der Waals surface area contributed by atoms with Crippen molar-refractivity contribution in [1.82, 2.24) is 23.4 Å². The standard InChI is InChI=1S/C39H49N5O7S/c1-38(2,3)51-37(47)43-21-25-17-26(43)20-42(25)36(46)39-19-31(39)30-18-27(50-6)13-15-28(30)34-33(23-10-8-7-9-11-23)29-14-12-24(16-32(29)44(34)22-39)35(45)40-52(48,49)41(4)5/h12-16,18,23,25-26,31H,7-11,17,19-22H2,1-6H3,(H,40,45)/t25-,26-,31-,39-/m0/s1. The Labute approximate surface area is 305 Å². The predicted octanol–water partition coefficient (Wildman–Crippen LogP) is 5.61. The van der Waals surface area contributed by atoms with Crippen LogP contribution < -0.4 is 9.46 Å². The number of fused-ring (bicyclic) bond motifs is 9. The van der Waals surface area contributed by atoms with Crippen molar-refractivity contribution in [3.8, 4) is 17.0 Å². The summed E-state index contributed by atoms with van der Waals surface area (Å²) in [6, 6.07) is 11.5. The summed E-state index contributed by atoms with van der Waals surface area (Å²) < 4.78 is 42.1. The minimum absolute atomic E-state index is 0.0305. The first kappa shape index (κ1) is 35.0. The Morgan fingerprint density at radius 3 is 2.33 bits per heavy atom. The number of nitrogens with one attached hydrogen (secondary N) is 1. The van der Waals surface area contributed by atoms with E-state index in [1.165, 1.54) is 26.1 Å². The monoisotopic (exact) mass is 731 g/mol. The average Bonchev–Trinajstić information content (AvgIpc) is 3.34. The molecule has 278 valence electrons. The van der Waals surface area contributed by atoms with Crippen molar-refractivity contribution in [2.24, 2.45) is 5.41 Å². The van der Waals surface area contributed by atoms with Crippen LogP contribution in [-0.2, 0) is 26.3 Å². The van der Waals surface area contributed by atoms with Gasteiger partial charge in [-0.25, -0.2) is 9.52 Å². The van der Waals surface area contributed by atoms with Crippen LogP contribution in [0.15, 0.2) is 36.4 Å². The number of carbonyl (C=O) groups is 3. The smallest absolute Gasteiger partial charge is 0.410 e. The van der Waals surface area contributed by atoms with Crippen molar-refractivity contribution in [3.05, 3.63) is 53.1 Å². The van der Waals surface area contributed by atoms with E-state index >= 15 is 4.79 Å². The third-order valence-electron chi connectivity index (χ3n) is 12.0. The second-order valence-electron chi connectivity index (χ2n) is 16.6. The fourth-order valence-electron chi connectivity index (χ4n) is 9.44. The van der Waals surface area contributed by atoms with Crippen LogP contribution in [0.3, 0.4) is 0 Å². The van der Waals surface area contributed by atoms with Gasteiger partial charge in [0.05, 0.1) is 30.3 Å². The van der Waals surface area contributed by atoms with E-state index in [0.717, 1.165) is 69.9 Å². The Hall–Kier alpha value is -4.10. The number of hydrogen-bond donors (Lipinski definition) is 1. The fourth-order valence-corrected chi connectivity index (χ4v) is 9.97. The number of nitrogens with zero attached hydrogens (tertiary/aromatic N) is 4. The fraction of sp³-hybridized carbons (Fsp3) is 0.564. The summed E-state index contributed by atoms with van der Waals surface area (Å²) in [4.78, 5) is 45.3. The van der Waals surface area contributed by atoms with Crippen molar-refractivity contribution >= 4 is 39.0 Å². The lowest BCUT2D eigenvalue weighted by molar-refractivity contribution is -0.140. The number of piperazine rings is 1. The van der Waals surface area contributed by atoms with Crippen LogP contribution >= 0.6 is 0 Å². The first-order valence-corrected chi connectivity index (χ1v) is 20.0. The van der Waals surface area contributed by atoms with Gasteiger partial charge in [-0.2, -0.15) is 12.7 Å². The lowest BCUT2D eigenvalue weighted by Crippen LogP contribution is -2.53. The van der Waals surface area contributed by atoms with Crippen LogP contribution in [0.25, 0.3) is 22.2 Å². The van der Waals surface area contributed by atoms with Gasteiger partial charge in [0.15, 0.2) is 0 Å².